The number of benzene rings is 1. The van der Waals surface area contributed by atoms with Crippen molar-refractivity contribution in [2.75, 3.05) is 0 Å². The molecule has 0 aliphatic carbocycles. The summed E-state index contributed by atoms with van der Waals surface area (Å²) < 4.78 is 1.98. The molecule has 1 aromatic heterocycles. The molecule has 0 saturated heterocycles. The highest BCUT2D eigenvalue weighted by Gasteiger charge is 2.16. The van der Waals surface area contributed by atoms with Crippen LogP contribution in [0.15, 0.2) is 30.3 Å². The average Bonchev–Trinajstić information content (AvgIpc) is 2.57. The van der Waals surface area contributed by atoms with E-state index in [1.54, 1.807) is 12.1 Å². The number of thiophene rings is 1. The molecule has 0 radical (unpaired) electrons. The Morgan fingerprint density at radius 3 is 2.56 bits per heavy atom. The molecule has 0 aliphatic heterocycles. The van der Waals surface area contributed by atoms with Crippen LogP contribution in [-0.2, 0) is 0 Å². The predicted molar refractivity (Wildman–Crippen MR) is 76.9 cm³/mol. The van der Waals surface area contributed by atoms with Crippen LogP contribution in [0.1, 0.15) is 15.9 Å². The highest BCUT2D eigenvalue weighted by Crippen LogP contribution is 2.32. The summed E-state index contributed by atoms with van der Waals surface area (Å²) in [7, 11) is 0. The molecule has 5 heteroatoms. The van der Waals surface area contributed by atoms with Gasteiger partial charge in [0.05, 0.1) is 9.90 Å². The smallest absolute Gasteiger partial charge is 0.195 e. The zero-order valence-corrected chi connectivity index (χ0v) is 12.3. The zero-order valence-electron chi connectivity index (χ0n) is 7.84. The fourth-order valence-corrected chi connectivity index (χ4v) is 3.28. The number of hydrogen-bond acceptors (Lipinski definition) is 2. The SMILES string of the molecule is O=C(c1cccc(I)c1)c1cc(Cl)sc1Cl. The summed E-state index contributed by atoms with van der Waals surface area (Å²) in [6.07, 6.45) is 0. The molecule has 16 heavy (non-hydrogen) atoms. The molecule has 0 atom stereocenters. The Morgan fingerprint density at radius 2 is 2.00 bits per heavy atom. The van der Waals surface area contributed by atoms with Gasteiger partial charge >= 0.3 is 0 Å². The quantitative estimate of drug-likeness (QED) is 0.533. The summed E-state index contributed by atoms with van der Waals surface area (Å²) >= 11 is 15.1. The van der Waals surface area contributed by atoms with Gasteiger partial charge in [0.2, 0.25) is 0 Å². The molecule has 0 spiro atoms. The lowest BCUT2D eigenvalue weighted by Gasteiger charge is -1.99. The first kappa shape index (κ1) is 12.4. The maximum Gasteiger partial charge on any atom is 0.195 e. The third kappa shape index (κ3) is 2.59. The molecule has 82 valence electrons. The van der Waals surface area contributed by atoms with Crippen LogP contribution in [0.25, 0.3) is 0 Å². The highest BCUT2D eigenvalue weighted by atomic mass is 127. The van der Waals surface area contributed by atoms with Crippen molar-refractivity contribution in [3.8, 4) is 0 Å². The Bertz CT molecular complexity index is 551. The number of carbonyl (C=O) groups is 1. The van der Waals surface area contributed by atoms with Gasteiger partial charge in [-0.1, -0.05) is 35.3 Å². The number of rotatable bonds is 2. The van der Waals surface area contributed by atoms with Gasteiger partial charge in [-0.25, -0.2) is 0 Å². The van der Waals surface area contributed by atoms with Gasteiger partial charge in [-0.15, -0.1) is 11.3 Å². The molecule has 0 bridgehead atoms. The molecule has 0 amide bonds. The first-order valence-corrected chi connectivity index (χ1v) is 6.98. The summed E-state index contributed by atoms with van der Waals surface area (Å²) in [6.45, 7) is 0. The van der Waals surface area contributed by atoms with E-state index in [0.29, 0.717) is 19.8 Å². The van der Waals surface area contributed by atoms with E-state index in [-0.39, 0.29) is 5.78 Å². The second kappa shape index (κ2) is 5.04. The van der Waals surface area contributed by atoms with E-state index in [4.69, 9.17) is 23.2 Å². The van der Waals surface area contributed by atoms with Crippen molar-refractivity contribution in [2.45, 2.75) is 0 Å². The third-order valence-corrected chi connectivity index (χ3v) is 4.15. The minimum absolute atomic E-state index is 0.0910. The second-order valence-electron chi connectivity index (χ2n) is 3.08. The Kier molecular flexibility index (Phi) is 3.89. The number of carbonyl (C=O) groups excluding carboxylic acids is 1. The normalized spacial score (nSPS) is 10.4. The Balaban J connectivity index is 2.43. The molecule has 1 heterocycles. The molecule has 0 N–H and O–H groups in total. The van der Waals surface area contributed by atoms with Gasteiger partial charge in [0.1, 0.15) is 4.34 Å². The molecule has 0 fully saturated rings. The lowest BCUT2D eigenvalue weighted by atomic mass is 10.1. The highest BCUT2D eigenvalue weighted by molar-refractivity contribution is 14.1. The molecular weight excluding hydrogens is 378 g/mol. The number of hydrogen-bond donors (Lipinski definition) is 0. The minimum atomic E-state index is -0.0910. The molecular formula is C11H5Cl2IOS. The van der Waals surface area contributed by atoms with Crippen LogP contribution in [0, 0.1) is 3.57 Å². The first-order chi connectivity index (χ1) is 7.58. The molecule has 2 aromatic rings. The molecule has 0 unspecified atom stereocenters. The van der Waals surface area contributed by atoms with E-state index in [2.05, 4.69) is 22.6 Å². The van der Waals surface area contributed by atoms with E-state index in [1.165, 1.54) is 11.3 Å². The standard InChI is InChI=1S/C11H5Cl2IOS/c12-9-5-8(11(13)16-9)10(15)6-2-1-3-7(14)4-6/h1-5H. The second-order valence-corrected chi connectivity index (χ2v) is 6.61. The van der Waals surface area contributed by atoms with Crippen LogP contribution in [0.5, 0.6) is 0 Å². The van der Waals surface area contributed by atoms with Crippen LogP contribution in [-0.4, -0.2) is 5.78 Å². The summed E-state index contributed by atoms with van der Waals surface area (Å²) in [6, 6.07) is 8.98. The van der Waals surface area contributed by atoms with Gasteiger partial charge in [0.25, 0.3) is 0 Å². The predicted octanol–water partition coefficient (Wildman–Crippen LogP) is 4.89. The van der Waals surface area contributed by atoms with Crippen LogP contribution in [0.3, 0.4) is 0 Å². The van der Waals surface area contributed by atoms with Crippen molar-refractivity contribution in [2.24, 2.45) is 0 Å². The Labute approximate surface area is 121 Å². The zero-order chi connectivity index (χ0) is 11.7. The van der Waals surface area contributed by atoms with Crippen LogP contribution in [0.2, 0.25) is 8.67 Å². The summed E-state index contributed by atoms with van der Waals surface area (Å²) in [4.78, 5) is 12.1. The van der Waals surface area contributed by atoms with E-state index in [9.17, 15) is 4.79 Å². The number of ketones is 1. The molecule has 0 saturated carbocycles. The fraction of sp³-hybridized carbons (Fsp3) is 0. The van der Waals surface area contributed by atoms with Crippen molar-refractivity contribution in [1.82, 2.24) is 0 Å². The van der Waals surface area contributed by atoms with E-state index >= 15 is 0 Å². The van der Waals surface area contributed by atoms with Gasteiger partial charge in [0, 0.05) is 9.13 Å². The van der Waals surface area contributed by atoms with Gasteiger partial charge < -0.3 is 0 Å². The molecule has 1 aromatic carbocycles. The first-order valence-electron chi connectivity index (χ1n) is 4.33. The Hall–Kier alpha value is -0.100. The van der Waals surface area contributed by atoms with Crippen molar-refractivity contribution in [3.63, 3.8) is 0 Å². The number of halogens is 3. The van der Waals surface area contributed by atoms with Gasteiger partial charge in [0.15, 0.2) is 5.78 Å². The maximum atomic E-state index is 12.1. The van der Waals surface area contributed by atoms with Crippen LogP contribution < -0.4 is 0 Å². The molecule has 2 rings (SSSR count). The van der Waals surface area contributed by atoms with E-state index in [0.717, 1.165) is 3.57 Å². The van der Waals surface area contributed by atoms with Crippen LogP contribution >= 0.6 is 57.1 Å². The minimum Gasteiger partial charge on any atom is -0.289 e. The molecule has 0 aliphatic rings. The summed E-state index contributed by atoms with van der Waals surface area (Å²) in [5.74, 6) is -0.0910. The van der Waals surface area contributed by atoms with E-state index in [1.807, 2.05) is 18.2 Å². The lowest BCUT2D eigenvalue weighted by molar-refractivity contribution is 0.103. The third-order valence-electron chi connectivity index (χ3n) is 1.99. The summed E-state index contributed by atoms with van der Waals surface area (Å²) in [5.41, 5.74) is 1.10. The average molecular weight is 383 g/mol. The van der Waals surface area contributed by atoms with Crippen molar-refractivity contribution < 1.29 is 4.79 Å². The van der Waals surface area contributed by atoms with Gasteiger partial charge in [-0.05, 0) is 40.8 Å². The molecule has 1 nitrogen and oxygen atoms in total. The maximum absolute atomic E-state index is 12.1. The largest absolute Gasteiger partial charge is 0.289 e. The van der Waals surface area contributed by atoms with Crippen molar-refractivity contribution in [1.29, 1.82) is 0 Å². The lowest BCUT2D eigenvalue weighted by Crippen LogP contribution is -2.00. The van der Waals surface area contributed by atoms with Crippen LogP contribution in [0.4, 0.5) is 0 Å². The van der Waals surface area contributed by atoms with Gasteiger partial charge in [-0.2, -0.15) is 0 Å². The summed E-state index contributed by atoms with van der Waals surface area (Å²) in [5, 5.41) is 0. The monoisotopic (exact) mass is 382 g/mol. The van der Waals surface area contributed by atoms with Gasteiger partial charge in [-0.3, -0.25) is 4.79 Å². The fourth-order valence-electron chi connectivity index (χ4n) is 1.28. The van der Waals surface area contributed by atoms with E-state index < -0.39 is 0 Å². The topological polar surface area (TPSA) is 17.1 Å². The van der Waals surface area contributed by atoms with Crippen molar-refractivity contribution >= 4 is 62.9 Å². The Morgan fingerprint density at radius 1 is 1.25 bits per heavy atom. The van der Waals surface area contributed by atoms with Crippen molar-refractivity contribution in [3.05, 3.63) is 53.7 Å².